The number of hydrogen-bond donors (Lipinski definition) is 1. The van der Waals surface area contributed by atoms with Crippen molar-refractivity contribution >= 4 is 23.5 Å². The second-order valence-electron chi connectivity index (χ2n) is 8.79. The topological polar surface area (TPSA) is 74.2 Å². The summed E-state index contributed by atoms with van der Waals surface area (Å²) in [6, 6.07) is 3.29. The zero-order valence-corrected chi connectivity index (χ0v) is 17.4. The van der Waals surface area contributed by atoms with Gasteiger partial charge < -0.3 is 15.1 Å². The third-order valence-corrected chi connectivity index (χ3v) is 6.05. The highest BCUT2D eigenvalue weighted by molar-refractivity contribution is 5.81. The molecule has 2 aromatic rings. The third kappa shape index (κ3) is 4.69. The van der Waals surface area contributed by atoms with Crippen molar-refractivity contribution in [3.63, 3.8) is 0 Å². The molecule has 1 atom stereocenters. The van der Waals surface area contributed by atoms with Gasteiger partial charge in [-0.3, -0.25) is 4.79 Å². The monoisotopic (exact) mass is 468 g/mol. The number of rotatable bonds is 5. The van der Waals surface area contributed by atoms with E-state index in [4.69, 9.17) is 0 Å². The van der Waals surface area contributed by atoms with Gasteiger partial charge in [-0.15, -0.1) is 0 Å². The number of hydrogen-bond acceptors (Lipinski definition) is 6. The number of alkyl halides is 5. The molecule has 1 unspecified atom stereocenters. The molecule has 2 saturated heterocycles. The van der Waals surface area contributed by atoms with Crippen LogP contribution in [0.5, 0.6) is 0 Å². The highest BCUT2D eigenvalue weighted by Crippen LogP contribution is 2.37. The molecule has 3 aliphatic rings. The molecule has 1 N–H and O–H groups in total. The average Bonchev–Trinajstić information content (AvgIpc) is 3.47. The number of amides is 1. The molecule has 0 spiro atoms. The van der Waals surface area contributed by atoms with Gasteiger partial charge in [0.05, 0.1) is 24.3 Å². The lowest BCUT2D eigenvalue weighted by atomic mass is 10.0. The van der Waals surface area contributed by atoms with Gasteiger partial charge in [0.1, 0.15) is 11.6 Å². The first-order valence-corrected chi connectivity index (χ1v) is 10.7. The molecule has 4 heterocycles. The number of nitrogens with one attached hydrogen (secondary N) is 1. The Morgan fingerprint density at radius 1 is 1.09 bits per heavy atom. The van der Waals surface area contributed by atoms with Crippen LogP contribution in [0.3, 0.4) is 0 Å². The van der Waals surface area contributed by atoms with Crippen molar-refractivity contribution in [2.45, 2.75) is 37.3 Å². The van der Waals surface area contributed by atoms with Crippen LogP contribution in [0.25, 0.3) is 0 Å². The Hall–Kier alpha value is -3.05. The molecule has 5 rings (SSSR count). The summed E-state index contributed by atoms with van der Waals surface area (Å²) < 4.78 is 66.0. The van der Waals surface area contributed by atoms with Crippen LogP contribution in [-0.4, -0.2) is 57.9 Å². The first kappa shape index (κ1) is 21.8. The second kappa shape index (κ2) is 7.77. The number of pyridine rings is 1. The lowest BCUT2D eigenvalue weighted by molar-refractivity contribution is -0.137. The third-order valence-electron chi connectivity index (χ3n) is 6.05. The predicted molar refractivity (Wildman–Crippen MR) is 108 cm³/mol. The van der Waals surface area contributed by atoms with E-state index in [0.29, 0.717) is 25.2 Å². The van der Waals surface area contributed by atoms with Crippen molar-refractivity contribution in [2.24, 2.45) is 5.92 Å². The summed E-state index contributed by atoms with van der Waals surface area (Å²) in [5.74, 6) is -2.59. The number of anilines is 3. The number of nitrogens with zero attached hydrogens (tertiary/aromatic N) is 5. The number of likely N-dealkylation sites (tertiary alicyclic amines) is 1. The van der Waals surface area contributed by atoms with Gasteiger partial charge >= 0.3 is 6.18 Å². The smallest absolute Gasteiger partial charge is 0.342 e. The number of aromatic nitrogens is 3. The molecule has 0 radical (unpaired) electrons. The summed E-state index contributed by atoms with van der Waals surface area (Å²) in [6.45, 7) is -0.0222. The lowest BCUT2D eigenvalue weighted by Gasteiger charge is -2.38. The Balaban J connectivity index is 1.41. The molecular formula is C21H21F5N6O. The van der Waals surface area contributed by atoms with Crippen LogP contribution in [0.2, 0.25) is 0 Å². The maximum Gasteiger partial charge on any atom is 0.416 e. The fraction of sp³-hybridized carbons (Fsp3) is 0.524. The van der Waals surface area contributed by atoms with Gasteiger partial charge in [0, 0.05) is 37.2 Å². The maximum absolute atomic E-state index is 13.4. The van der Waals surface area contributed by atoms with E-state index in [2.05, 4.69) is 20.3 Å². The van der Waals surface area contributed by atoms with Gasteiger partial charge in [0.2, 0.25) is 11.9 Å². The van der Waals surface area contributed by atoms with Crippen molar-refractivity contribution in [3.8, 4) is 0 Å². The molecule has 176 valence electrons. The summed E-state index contributed by atoms with van der Waals surface area (Å²) in [5.41, 5.74) is -0.322. The van der Waals surface area contributed by atoms with Gasteiger partial charge in [-0.2, -0.15) is 18.2 Å². The highest BCUT2D eigenvalue weighted by Gasteiger charge is 2.45. The van der Waals surface area contributed by atoms with E-state index in [0.717, 1.165) is 31.2 Å². The first-order valence-electron chi connectivity index (χ1n) is 10.7. The van der Waals surface area contributed by atoms with Gasteiger partial charge in [0.25, 0.3) is 5.92 Å². The van der Waals surface area contributed by atoms with E-state index in [-0.39, 0.29) is 35.3 Å². The second-order valence-corrected chi connectivity index (χ2v) is 8.79. The van der Waals surface area contributed by atoms with Crippen molar-refractivity contribution in [1.82, 2.24) is 19.9 Å². The fourth-order valence-corrected chi connectivity index (χ4v) is 4.12. The Labute approximate surface area is 186 Å². The normalized spacial score (nSPS) is 22.3. The molecule has 12 heteroatoms. The van der Waals surface area contributed by atoms with Gasteiger partial charge in [-0.25, -0.2) is 18.7 Å². The SMILES string of the molecule is O=C(C1CC1)N1CCC(c2cc(Nc3cc(C(F)(F)F)ccn3)nc(N3CC(F)(F)C3)n2)C1. The molecule has 0 aromatic carbocycles. The molecule has 0 bridgehead atoms. The Bertz CT molecular complexity index is 1070. The van der Waals surface area contributed by atoms with E-state index >= 15 is 0 Å². The maximum atomic E-state index is 13.4. The molecule has 2 aromatic heterocycles. The van der Waals surface area contributed by atoms with Gasteiger partial charge in [0.15, 0.2) is 0 Å². The Kier molecular flexibility index (Phi) is 5.13. The largest absolute Gasteiger partial charge is 0.416 e. The van der Waals surface area contributed by atoms with E-state index in [1.54, 1.807) is 11.0 Å². The molecule has 3 fully saturated rings. The summed E-state index contributed by atoms with van der Waals surface area (Å²) >= 11 is 0. The molecular weight excluding hydrogens is 447 g/mol. The molecule has 1 aliphatic carbocycles. The summed E-state index contributed by atoms with van der Waals surface area (Å²) in [6.07, 6.45) is -1.04. The molecule has 7 nitrogen and oxygen atoms in total. The van der Waals surface area contributed by atoms with Crippen LogP contribution in [0.4, 0.5) is 39.5 Å². The van der Waals surface area contributed by atoms with Crippen LogP contribution in [-0.2, 0) is 11.0 Å². The van der Waals surface area contributed by atoms with E-state index in [1.807, 2.05) is 0 Å². The summed E-state index contributed by atoms with van der Waals surface area (Å²) in [5, 5.41) is 2.75. The van der Waals surface area contributed by atoms with Gasteiger partial charge in [-0.05, 0) is 31.4 Å². The zero-order valence-electron chi connectivity index (χ0n) is 17.4. The number of carbonyl (C=O) groups excluding carboxylic acids is 1. The Morgan fingerprint density at radius 2 is 1.85 bits per heavy atom. The molecule has 1 amide bonds. The molecule has 1 saturated carbocycles. The van der Waals surface area contributed by atoms with Gasteiger partial charge in [-0.1, -0.05) is 0 Å². The highest BCUT2D eigenvalue weighted by atomic mass is 19.4. The van der Waals surface area contributed by atoms with Crippen molar-refractivity contribution in [1.29, 1.82) is 0 Å². The van der Waals surface area contributed by atoms with E-state index in [1.165, 1.54) is 4.90 Å². The molecule has 2 aliphatic heterocycles. The van der Waals surface area contributed by atoms with E-state index < -0.39 is 30.8 Å². The minimum Gasteiger partial charge on any atom is -0.342 e. The van der Waals surface area contributed by atoms with Crippen LogP contribution < -0.4 is 10.2 Å². The van der Waals surface area contributed by atoms with Crippen LogP contribution >= 0.6 is 0 Å². The molecule has 33 heavy (non-hydrogen) atoms. The summed E-state index contributed by atoms with van der Waals surface area (Å²) in [7, 11) is 0. The first-order chi connectivity index (χ1) is 15.6. The van der Waals surface area contributed by atoms with Crippen LogP contribution in [0, 0.1) is 5.92 Å². The number of halogens is 5. The minimum atomic E-state index is -4.54. The van der Waals surface area contributed by atoms with Crippen molar-refractivity contribution < 1.29 is 26.7 Å². The fourth-order valence-electron chi connectivity index (χ4n) is 4.12. The van der Waals surface area contributed by atoms with Crippen molar-refractivity contribution in [2.75, 3.05) is 36.4 Å². The quantitative estimate of drug-likeness (QED) is 0.673. The summed E-state index contributed by atoms with van der Waals surface area (Å²) in [4.78, 5) is 28.1. The van der Waals surface area contributed by atoms with E-state index in [9.17, 15) is 26.7 Å². The predicted octanol–water partition coefficient (Wildman–Crippen LogP) is 3.82. The Morgan fingerprint density at radius 3 is 2.52 bits per heavy atom. The van der Waals surface area contributed by atoms with Crippen LogP contribution in [0.1, 0.15) is 36.4 Å². The minimum absolute atomic E-state index is 0.0693. The standard InChI is InChI=1S/C21H21F5N6O/c22-20(23)10-32(11-20)19-28-15(13-4-6-31(9-13)18(33)12-1-2-12)8-17(30-19)29-16-7-14(3-5-27-16)21(24,25)26/h3,5,7-8,12-13H,1-2,4,6,9-11H2,(H,27,28,29,30). The van der Waals surface area contributed by atoms with Crippen molar-refractivity contribution in [3.05, 3.63) is 35.7 Å². The number of carbonyl (C=O) groups is 1. The average molecular weight is 468 g/mol. The zero-order chi connectivity index (χ0) is 23.4. The lowest BCUT2D eigenvalue weighted by Crippen LogP contribution is -2.57. The van der Waals surface area contributed by atoms with Crippen LogP contribution in [0.15, 0.2) is 24.4 Å².